The van der Waals surface area contributed by atoms with Crippen molar-refractivity contribution in [3.63, 3.8) is 0 Å². The Morgan fingerprint density at radius 3 is 2.77 bits per heavy atom. The Morgan fingerprint density at radius 2 is 2.08 bits per heavy atom. The van der Waals surface area contributed by atoms with Crippen molar-refractivity contribution in [1.29, 1.82) is 0 Å². The Bertz CT molecular complexity index is 1010. The Balaban J connectivity index is 1.88. The van der Waals surface area contributed by atoms with Crippen LogP contribution in [0.15, 0.2) is 36.4 Å². The van der Waals surface area contributed by atoms with E-state index in [-0.39, 0.29) is 17.8 Å². The van der Waals surface area contributed by atoms with E-state index in [0.717, 1.165) is 11.2 Å². The average Bonchev–Trinajstić information content (AvgIpc) is 2.90. The van der Waals surface area contributed by atoms with Crippen LogP contribution in [-0.4, -0.2) is 22.9 Å². The summed E-state index contributed by atoms with van der Waals surface area (Å²) in [5.74, 6) is -0.471. The van der Waals surface area contributed by atoms with Gasteiger partial charge in [-0.3, -0.25) is 14.9 Å². The summed E-state index contributed by atoms with van der Waals surface area (Å²) in [4.78, 5) is 26.0. The number of carbonyl (C=O) groups is 1. The van der Waals surface area contributed by atoms with Gasteiger partial charge >= 0.3 is 0 Å². The van der Waals surface area contributed by atoms with E-state index in [2.05, 4.69) is 10.3 Å². The van der Waals surface area contributed by atoms with Crippen LogP contribution in [0.25, 0.3) is 10.9 Å². The van der Waals surface area contributed by atoms with Gasteiger partial charge < -0.3 is 15.0 Å². The predicted octanol–water partition coefficient (Wildman–Crippen LogP) is 3.71. The zero-order valence-electron chi connectivity index (χ0n) is 14.1. The number of rotatable bonds is 5. The van der Waals surface area contributed by atoms with Crippen LogP contribution in [0.1, 0.15) is 11.3 Å². The van der Waals surface area contributed by atoms with Crippen LogP contribution in [0, 0.1) is 22.9 Å². The first-order valence-corrected chi connectivity index (χ1v) is 7.78. The number of non-ortho nitro benzene ring substituents is 1. The molecule has 0 aliphatic heterocycles. The molecule has 0 unspecified atom stereocenters. The number of methoxy groups -OCH3 is 1. The molecule has 0 aliphatic carbocycles. The van der Waals surface area contributed by atoms with Crippen LogP contribution < -0.4 is 10.1 Å². The van der Waals surface area contributed by atoms with Gasteiger partial charge in [-0.2, -0.15) is 0 Å². The lowest BCUT2D eigenvalue weighted by Gasteiger charge is -2.10. The number of aromatic nitrogens is 1. The molecular weight excluding hydrogens is 341 g/mol. The largest absolute Gasteiger partial charge is 0.495 e. The van der Waals surface area contributed by atoms with Gasteiger partial charge in [0, 0.05) is 28.7 Å². The van der Waals surface area contributed by atoms with Gasteiger partial charge in [0.1, 0.15) is 11.6 Å². The highest BCUT2D eigenvalue weighted by Gasteiger charge is 2.17. The summed E-state index contributed by atoms with van der Waals surface area (Å²) < 4.78 is 18.7. The van der Waals surface area contributed by atoms with E-state index < -0.39 is 16.6 Å². The number of fused-ring (bicyclic) bond motifs is 1. The molecule has 0 saturated carbocycles. The van der Waals surface area contributed by atoms with Crippen LogP contribution in [0.3, 0.4) is 0 Å². The van der Waals surface area contributed by atoms with Crippen molar-refractivity contribution in [1.82, 2.24) is 4.98 Å². The zero-order valence-corrected chi connectivity index (χ0v) is 14.1. The van der Waals surface area contributed by atoms with Gasteiger partial charge in [-0.1, -0.05) is 0 Å². The van der Waals surface area contributed by atoms with E-state index in [1.165, 1.54) is 37.4 Å². The lowest BCUT2D eigenvalue weighted by molar-refractivity contribution is -0.384. The van der Waals surface area contributed by atoms with Gasteiger partial charge in [0.25, 0.3) is 5.69 Å². The Morgan fingerprint density at radius 1 is 1.31 bits per heavy atom. The van der Waals surface area contributed by atoms with Gasteiger partial charge in [0.15, 0.2) is 0 Å². The third-order valence-corrected chi connectivity index (χ3v) is 4.09. The van der Waals surface area contributed by atoms with Crippen molar-refractivity contribution in [2.24, 2.45) is 0 Å². The van der Waals surface area contributed by atoms with Gasteiger partial charge in [-0.05, 0) is 36.8 Å². The lowest BCUT2D eigenvalue weighted by atomic mass is 10.1. The molecule has 0 bridgehead atoms. The summed E-state index contributed by atoms with van der Waals surface area (Å²) in [5.41, 5.74) is 2.20. The van der Waals surface area contributed by atoms with Crippen LogP contribution in [0.5, 0.6) is 5.75 Å². The number of amides is 1. The molecule has 0 saturated heterocycles. The van der Waals surface area contributed by atoms with Crippen molar-refractivity contribution in [2.75, 3.05) is 12.4 Å². The number of hydrogen-bond donors (Lipinski definition) is 2. The summed E-state index contributed by atoms with van der Waals surface area (Å²) in [5, 5.41) is 14.2. The molecule has 0 atom stereocenters. The first-order valence-electron chi connectivity index (χ1n) is 7.78. The molecule has 3 aromatic rings. The topological polar surface area (TPSA) is 97.3 Å². The van der Waals surface area contributed by atoms with Crippen LogP contribution in [0.4, 0.5) is 15.8 Å². The molecule has 0 fully saturated rings. The van der Waals surface area contributed by atoms with E-state index in [1.807, 2.05) is 0 Å². The maximum Gasteiger partial charge on any atom is 0.271 e. The number of carbonyl (C=O) groups excluding carboxylic acids is 1. The maximum atomic E-state index is 13.5. The van der Waals surface area contributed by atoms with Crippen LogP contribution in [0.2, 0.25) is 0 Å². The SMILES string of the molecule is COc1ccc([N+](=O)[O-])cc1NC(=O)Cc1c(C)[nH]c2ccc(F)cc12. The van der Waals surface area contributed by atoms with E-state index >= 15 is 0 Å². The molecule has 2 N–H and O–H groups in total. The monoisotopic (exact) mass is 357 g/mol. The number of aryl methyl sites for hydroxylation is 1. The number of nitro groups is 1. The minimum absolute atomic E-state index is 0.0128. The minimum atomic E-state index is -0.554. The molecule has 0 radical (unpaired) electrons. The molecule has 26 heavy (non-hydrogen) atoms. The quantitative estimate of drug-likeness (QED) is 0.537. The first-order chi connectivity index (χ1) is 12.4. The van der Waals surface area contributed by atoms with Gasteiger partial charge in [-0.25, -0.2) is 4.39 Å². The second-order valence-corrected chi connectivity index (χ2v) is 5.79. The molecule has 1 aromatic heterocycles. The number of hydrogen-bond acceptors (Lipinski definition) is 4. The smallest absolute Gasteiger partial charge is 0.271 e. The van der Waals surface area contributed by atoms with E-state index in [4.69, 9.17) is 4.74 Å². The second-order valence-electron chi connectivity index (χ2n) is 5.79. The number of anilines is 1. The van der Waals surface area contributed by atoms with Crippen molar-refractivity contribution < 1.29 is 18.8 Å². The predicted molar refractivity (Wildman–Crippen MR) is 95.0 cm³/mol. The standard InChI is InChI=1S/C18H16FN3O4/c1-10-13(14-7-11(19)3-5-15(14)20-10)9-18(23)21-16-8-12(22(24)25)4-6-17(16)26-2/h3-8,20H,9H2,1-2H3,(H,21,23). The van der Waals surface area contributed by atoms with Gasteiger partial charge in [0.05, 0.1) is 24.1 Å². The highest BCUT2D eigenvalue weighted by Crippen LogP contribution is 2.29. The number of nitrogens with one attached hydrogen (secondary N) is 2. The average molecular weight is 357 g/mol. The van der Waals surface area contributed by atoms with Crippen LogP contribution >= 0.6 is 0 Å². The van der Waals surface area contributed by atoms with Gasteiger partial charge in [-0.15, -0.1) is 0 Å². The lowest BCUT2D eigenvalue weighted by Crippen LogP contribution is -2.15. The number of halogens is 1. The molecule has 7 nitrogen and oxygen atoms in total. The van der Waals surface area contributed by atoms with Gasteiger partial charge in [0.2, 0.25) is 5.91 Å². The molecule has 3 rings (SSSR count). The molecule has 134 valence electrons. The highest BCUT2D eigenvalue weighted by atomic mass is 19.1. The van der Waals surface area contributed by atoms with Crippen molar-refractivity contribution in [2.45, 2.75) is 13.3 Å². The van der Waals surface area contributed by atoms with Crippen molar-refractivity contribution >= 4 is 28.2 Å². The molecule has 1 amide bonds. The number of aromatic amines is 1. The fourth-order valence-electron chi connectivity index (χ4n) is 2.84. The number of nitrogens with zero attached hydrogens (tertiary/aromatic N) is 1. The summed E-state index contributed by atoms with van der Waals surface area (Å²) in [6, 6.07) is 8.27. The van der Waals surface area contributed by atoms with Crippen molar-refractivity contribution in [3.05, 3.63) is 63.6 Å². The molecule has 0 spiro atoms. The molecular formula is C18H16FN3O4. The molecule has 8 heteroatoms. The number of benzene rings is 2. The maximum absolute atomic E-state index is 13.5. The normalized spacial score (nSPS) is 10.7. The second kappa shape index (κ2) is 6.83. The zero-order chi connectivity index (χ0) is 18.8. The summed E-state index contributed by atoms with van der Waals surface area (Å²) >= 11 is 0. The summed E-state index contributed by atoms with van der Waals surface area (Å²) in [6.07, 6.45) is -0.0128. The third-order valence-electron chi connectivity index (χ3n) is 4.09. The number of H-pyrrole nitrogens is 1. The molecule has 1 heterocycles. The number of nitro benzene ring substituents is 1. The van der Waals surface area contributed by atoms with Crippen molar-refractivity contribution in [3.8, 4) is 5.75 Å². The van der Waals surface area contributed by atoms with E-state index in [9.17, 15) is 19.3 Å². The number of ether oxygens (including phenoxy) is 1. The summed E-state index contributed by atoms with van der Waals surface area (Å²) in [6.45, 7) is 1.80. The Hall–Kier alpha value is -3.42. The molecule has 2 aromatic carbocycles. The Labute approximate surface area is 147 Å². The minimum Gasteiger partial charge on any atom is -0.495 e. The fraction of sp³-hybridized carbons (Fsp3) is 0.167. The highest BCUT2D eigenvalue weighted by molar-refractivity contribution is 5.97. The van der Waals surface area contributed by atoms with Crippen LogP contribution in [-0.2, 0) is 11.2 Å². The third kappa shape index (κ3) is 3.34. The summed E-state index contributed by atoms with van der Waals surface area (Å²) in [7, 11) is 1.41. The Kier molecular flexibility index (Phi) is 4.57. The van der Waals surface area contributed by atoms with E-state index in [0.29, 0.717) is 16.7 Å². The first kappa shape index (κ1) is 17.4. The van der Waals surface area contributed by atoms with E-state index in [1.54, 1.807) is 13.0 Å². The fourth-order valence-corrected chi connectivity index (χ4v) is 2.84. The molecule has 0 aliphatic rings.